The van der Waals surface area contributed by atoms with Crippen molar-refractivity contribution in [3.05, 3.63) is 65.5 Å². The number of benzene rings is 2. The molecule has 2 aromatic carbocycles. The van der Waals surface area contributed by atoms with Crippen LogP contribution in [0.3, 0.4) is 0 Å². The Morgan fingerprint density at radius 1 is 0.875 bits per heavy atom. The lowest BCUT2D eigenvalue weighted by atomic mass is 10.0. The number of aromatic hydroxyl groups is 1. The summed E-state index contributed by atoms with van der Waals surface area (Å²) in [6, 6.07) is 13.7. The highest BCUT2D eigenvalue weighted by atomic mass is 19.1. The Hall–Kier alpha value is -1.83. The van der Waals surface area contributed by atoms with E-state index in [1.54, 1.807) is 24.3 Å². The van der Waals surface area contributed by atoms with Crippen LogP contribution >= 0.6 is 0 Å². The Labute approximate surface area is 94.2 Å². The topological polar surface area (TPSA) is 20.2 Å². The van der Waals surface area contributed by atoms with Gasteiger partial charge in [-0.2, -0.15) is 0 Å². The smallest absolute Gasteiger partial charge is 0.123 e. The molecule has 0 amide bonds. The first-order valence-corrected chi connectivity index (χ1v) is 5.26. The van der Waals surface area contributed by atoms with Gasteiger partial charge in [0.15, 0.2) is 0 Å². The van der Waals surface area contributed by atoms with Crippen molar-refractivity contribution in [1.82, 2.24) is 0 Å². The number of phenols is 1. The van der Waals surface area contributed by atoms with E-state index in [1.807, 2.05) is 12.1 Å². The van der Waals surface area contributed by atoms with E-state index < -0.39 is 0 Å². The van der Waals surface area contributed by atoms with Gasteiger partial charge in [0.2, 0.25) is 0 Å². The van der Waals surface area contributed by atoms with Crippen LogP contribution in [0.4, 0.5) is 4.39 Å². The molecule has 0 aliphatic heterocycles. The van der Waals surface area contributed by atoms with E-state index in [1.165, 1.54) is 12.1 Å². The van der Waals surface area contributed by atoms with Crippen molar-refractivity contribution in [3.8, 4) is 5.75 Å². The van der Waals surface area contributed by atoms with Gasteiger partial charge in [-0.15, -0.1) is 0 Å². The molecule has 0 aliphatic rings. The monoisotopic (exact) mass is 216 g/mol. The summed E-state index contributed by atoms with van der Waals surface area (Å²) in [6.45, 7) is 0. The minimum absolute atomic E-state index is 0.207. The van der Waals surface area contributed by atoms with Crippen molar-refractivity contribution < 1.29 is 9.50 Å². The van der Waals surface area contributed by atoms with Gasteiger partial charge in [0.1, 0.15) is 11.6 Å². The fourth-order valence-electron chi connectivity index (χ4n) is 1.65. The van der Waals surface area contributed by atoms with Gasteiger partial charge in [-0.1, -0.05) is 24.3 Å². The summed E-state index contributed by atoms with van der Waals surface area (Å²) >= 11 is 0. The Balaban J connectivity index is 1.99. The minimum Gasteiger partial charge on any atom is -0.508 e. The summed E-state index contributed by atoms with van der Waals surface area (Å²) in [5.74, 6) is 0.0812. The molecule has 0 atom stereocenters. The third kappa shape index (κ3) is 2.83. The lowest BCUT2D eigenvalue weighted by molar-refractivity contribution is 0.474. The van der Waals surface area contributed by atoms with Crippen molar-refractivity contribution in [2.75, 3.05) is 0 Å². The van der Waals surface area contributed by atoms with E-state index >= 15 is 0 Å². The third-order valence-corrected chi connectivity index (χ3v) is 2.53. The van der Waals surface area contributed by atoms with Gasteiger partial charge in [-0.05, 0) is 48.2 Å². The largest absolute Gasteiger partial charge is 0.508 e. The number of hydrogen-bond acceptors (Lipinski definition) is 1. The van der Waals surface area contributed by atoms with Crippen molar-refractivity contribution in [1.29, 1.82) is 0 Å². The number of halogens is 1. The molecule has 0 aromatic heterocycles. The average molecular weight is 216 g/mol. The first kappa shape index (κ1) is 10.7. The molecule has 1 N–H and O–H groups in total. The molecule has 2 rings (SSSR count). The molecule has 82 valence electrons. The van der Waals surface area contributed by atoms with Crippen LogP contribution in [0.15, 0.2) is 48.5 Å². The summed E-state index contributed by atoms with van der Waals surface area (Å²) in [4.78, 5) is 0. The maximum atomic E-state index is 12.7. The Kier molecular flexibility index (Phi) is 3.20. The maximum Gasteiger partial charge on any atom is 0.123 e. The predicted octanol–water partition coefficient (Wildman–Crippen LogP) is 3.32. The molecule has 0 saturated carbocycles. The Morgan fingerprint density at radius 2 is 1.56 bits per heavy atom. The van der Waals surface area contributed by atoms with E-state index in [4.69, 9.17) is 0 Å². The highest BCUT2D eigenvalue weighted by Crippen LogP contribution is 2.13. The SMILES string of the molecule is Oc1cccc(CCc2ccc(F)cc2)c1. The van der Waals surface area contributed by atoms with E-state index in [-0.39, 0.29) is 11.6 Å². The standard InChI is InChI=1S/C14H13FO/c15-13-8-6-11(7-9-13)4-5-12-2-1-3-14(16)10-12/h1-3,6-10,16H,4-5H2. The molecule has 2 aromatic rings. The van der Waals surface area contributed by atoms with Gasteiger partial charge in [-0.25, -0.2) is 4.39 Å². The average Bonchev–Trinajstić information content (AvgIpc) is 2.28. The van der Waals surface area contributed by atoms with Gasteiger partial charge in [0.25, 0.3) is 0 Å². The number of aryl methyl sites for hydroxylation is 2. The zero-order valence-electron chi connectivity index (χ0n) is 8.86. The summed E-state index contributed by atoms with van der Waals surface area (Å²) in [5, 5.41) is 9.30. The van der Waals surface area contributed by atoms with Crippen LogP contribution in [-0.4, -0.2) is 5.11 Å². The van der Waals surface area contributed by atoms with E-state index in [0.717, 1.165) is 24.0 Å². The summed E-state index contributed by atoms with van der Waals surface area (Å²) in [7, 11) is 0. The molecule has 0 spiro atoms. The molecule has 0 unspecified atom stereocenters. The molecule has 0 radical (unpaired) electrons. The zero-order chi connectivity index (χ0) is 11.4. The van der Waals surface area contributed by atoms with Crippen LogP contribution in [0.25, 0.3) is 0 Å². The summed E-state index contributed by atoms with van der Waals surface area (Å²) < 4.78 is 12.7. The van der Waals surface area contributed by atoms with Crippen LogP contribution in [-0.2, 0) is 12.8 Å². The van der Waals surface area contributed by atoms with Crippen molar-refractivity contribution >= 4 is 0 Å². The molecule has 0 bridgehead atoms. The quantitative estimate of drug-likeness (QED) is 0.834. The zero-order valence-corrected chi connectivity index (χ0v) is 8.86. The summed E-state index contributed by atoms with van der Waals surface area (Å²) in [5.41, 5.74) is 2.19. The first-order valence-electron chi connectivity index (χ1n) is 5.26. The maximum absolute atomic E-state index is 12.7. The number of phenolic OH excluding ortho intramolecular Hbond substituents is 1. The lowest BCUT2D eigenvalue weighted by Gasteiger charge is -2.02. The first-order chi connectivity index (χ1) is 7.74. The molecule has 16 heavy (non-hydrogen) atoms. The molecule has 0 aliphatic carbocycles. The normalized spacial score (nSPS) is 10.3. The van der Waals surface area contributed by atoms with Gasteiger partial charge in [0, 0.05) is 0 Å². The molecule has 0 heterocycles. The second-order valence-corrected chi connectivity index (χ2v) is 3.80. The van der Waals surface area contributed by atoms with Crippen molar-refractivity contribution in [2.45, 2.75) is 12.8 Å². The molecule has 2 heteroatoms. The number of rotatable bonds is 3. The van der Waals surface area contributed by atoms with Crippen LogP contribution < -0.4 is 0 Å². The number of hydrogen-bond donors (Lipinski definition) is 1. The molecular formula is C14H13FO. The highest BCUT2D eigenvalue weighted by Gasteiger charge is 1.97. The van der Waals surface area contributed by atoms with Gasteiger partial charge in [0.05, 0.1) is 0 Å². The molecule has 0 fully saturated rings. The highest BCUT2D eigenvalue weighted by molar-refractivity contribution is 5.28. The Morgan fingerprint density at radius 3 is 2.25 bits per heavy atom. The third-order valence-electron chi connectivity index (χ3n) is 2.53. The molecule has 1 nitrogen and oxygen atoms in total. The minimum atomic E-state index is -0.207. The fourth-order valence-corrected chi connectivity index (χ4v) is 1.65. The van der Waals surface area contributed by atoms with Gasteiger partial charge >= 0.3 is 0 Å². The van der Waals surface area contributed by atoms with Crippen LogP contribution in [0, 0.1) is 5.82 Å². The lowest BCUT2D eigenvalue weighted by Crippen LogP contribution is -1.91. The van der Waals surface area contributed by atoms with Crippen LogP contribution in [0.2, 0.25) is 0 Å². The van der Waals surface area contributed by atoms with Gasteiger partial charge in [-0.3, -0.25) is 0 Å². The van der Waals surface area contributed by atoms with Crippen molar-refractivity contribution in [3.63, 3.8) is 0 Å². The van der Waals surface area contributed by atoms with Crippen LogP contribution in [0.1, 0.15) is 11.1 Å². The van der Waals surface area contributed by atoms with E-state index in [2.05, 4.69) is 0 Å². The van der Waals surface area contributed by atoms with E-state index in [9.17, 15) is 9.50 Å². The van der Waals surface area contributed by atoms with Gasteiger partial charge < -0.3 is 5.11 Å². The summed E-state index contributed by atoms with van der Waals surface area (Å²) in [6.07, 6.45) is 1.70. The second-order valence-electron chi connectivity index (χ2n) is 3.80. The Bertz CT molecular complexity index is 462. The molecular weight excluding hydrogens is 203 g/mol. The van der Waals surface area contributed by atoms with Crippen LogP contribution in [0.5, 0.6) is 5.75 Å². The predicted molar refractivity (Wildman–Crippen MR) is 61.9 cm³/mol. The van der Waals surface area contributed by atoms with Crippen molar-refractivity contribution in [2.24, 2.45) is 0 Å². The van der Waals surface area contributed by atoms with E-state index in [0.29, 0.717) is 0 Å². The second kappa shape index (κ2) is 4.79. The molecule has 0 saturated heterocycles. The fraction of sp³-hybridized carbons (Fsp3) is 0.143.